The Morgan fingerprint density at radius 1 is 0.885 bits per heavy atom. The molecule has 0 spiro atoms. The Bertz CT molecular complexity index is 541. The zero-order chi connectivity index (χ0) is 20.3. The van der Waals surface area contributed by atoms with Crippen LogP contribution in [0.2, 0.25) is 0 Å². The highest BCUT2D eigenvalue weighted by molar-refractivity contribution is 8.13. The van der Waals surface area contributed by atoms with Gasteiger partial charge in [0.1, 0.15) is 0 Å². The van der Waals surface area contributed by atoms with Crippen LogP contribution in [0.3, 0.4) is 0 Å². The van der Waals surface area contributed by atoms with E-state index < -0.39 is 11.9 Å². The number of nitrogens with zero attached hydrogens (tertiary/aromatic N) is 1. The second-order valence-corrected chi connectivity index (χ2v) is 7.79. The minimum absolute atomic E-state index is 0.0833. The van der Waals surface area contributed by atoms with Gasteiger partial charge in [0, 0.05) is 13.1 Å². The first kappa shape index (κ1) is 24.0. The highest BCUT2D eigenvalue weighted by atomic mass is 32.2. The molecule has 0 saturated heterocycles. The van der Waals surface area contributed by atoms with Gasteiger partial charge in [-0.1, -0.05) is 46.4 Å². The lowest BCUT2D eigenvalue weighted by atomic mass is 10.1. The third-order valence-corrected chi connectivity index (χ3v) is 3.87. The Labute approximate surface area is 159 Å². The van der Waals surface area contributed by atoms with Crippen LogP contribution in [0.1, 0.15) is 55.3 Å². The summed E-state index contributed by atoms with van der Waals surface area (Å²) in [6.45, 7) is 12.4. The lowest BCUT2D eigenvalue weighted by molar-refractivity contribution is 0.0681. The molecule has 7 heteroatoms. The Hall–Kier alpha value is -2.02. The summed E-state index contributed by atoms with van der Waals surface area (Å²) in [6.07, 6.45) is 0. The molecule has 0 unspecified atom stereocenters. The molecular formula is C19H29NO5S. The van der Waals surface area contributed by atoms with Gasteiger partial charge in [0.2, 0.25) is 0 Å². The molecule has 0 aliphatic heterocycles. The maximum atomic E-state index is 11.7. The van der Waals surface area contributed by atoms with Gasteiger partial charge < -0.3 is 15.1 Å². The lowest BCUT2D eigenvalue weighted by Gasteiger charge is -2.25. The van der Waals surface area contributed by atoms with Gasteiger partial charge in [-0.2, -0.15) is 0 Å². The van der Waals surface area contributed by atoms with Gasteiger partial charge in [0.05, 0.1) is 11.1 Å². The molecule has 0 fully saturated rings. The first-order chi connectivity index (χ1) is 12.1. The van der Waals surface area contributed by atoms with Crippen molar-refractivity contribution in [1.29, 1.82) is 0 Å². The summed E-state index contributed by atoms with van der Waals surface area (Å²) in [5.41, 5.74) is 0.167. The Morgan fingerprint density at radius 3 is 1.46 bits per heavy atom. The van der Waals surface area contributed by atoms with E-state index in [1.807, 2.05) is 11.8 Å². The summed E-state index contributed by atoms with van der Waals surface area (Å²) in [5, 5.41) is 17.2. The molecule has 0 aromatic heterocycles. The van der Waals surface area contributed by atoms with Crippen molar-refractivity contribution in [2.75, 3.05) is 18.8 Å². The quantitative estimate of drug-likeness (QED) is 0.717. The van der Waals surface area contributed by atoms with E-state index in [0.29, 0.717) is 11.8 Å². The molecule has 0 saturated carbocycles. The summed E-state index contributed by atoms with van der Waals surface area (Å²) in [4.78, 5) is 34.3. The number of rotatable bonds is 7. The van der Waals surface area contributed by atoms with Gasteiger partial charge >= 0.3 is 11.9 Å². The average Bonchev–Trinajstić information content (AvgIpc) is 2.54. The normalized spacial score (nSPS) is 10.3. The van der Waals surface area contributed by atoms with Crippen molar-refractivity contribution < 1.29 is 24.6 Å². The van der Waals surface area contributed by atoms with Crippen molar-refractivity contribution in [3.63, 3.8) is 0 Å². The molecule has 1 aromatic carbocycles. The SMILES string of the molecule is CCSC(=O)N(CC(C)C)CC(C)C.O=C(O)c1ccc(C(=O)O)cc1. The van der Waals surface area contributed by atoms with E-state index in [0.717, 1.165) is 18.8 Å². The zero-order valence-corrected chi connectivity index (χ0v) is 16.9. The number of carbonyl (C=O) groups is 3. The number of benzene rings is 1. The number of carboxylic acid groups (broad SMARTS) is 2. The number of hydrogen-bond acceptors (Lipinski definition) is 4. The van der Waals surface area contributed by atoms with Crippen LogP contribution in [-0.4, -0.2) is 51.1 Å². The van der Waals surface area contributed by atoms with Gasteiger partial charge in [0.25, 0.3) is 5.24 Å². The Balaban J connectivity index is 0.000000485. The first-order valence-corrected chi connectivity index (χ1v) is 9.55. The molecule has 26 heavy (non-hydrogen) atoms. The van der Waals surface area contributed by atoms with Crippen molar-refractivity contribution in [2.45, 2.75) is 34.6 Å². The molecule has 2 N–H and O–H groups in total. The predicted molar refractivity (Wildman–Crippen MR) is 105 cm³/mol. The van der Waals surface area contributed by atoms with Gasteiger partial charge in [-0.3, -0.25) is 4.79 Å². The largest absolute Gasteiger partial charge is 0.478 e. The number of carboxylic acids is 2. The summed E-state index contributed by atoms with van der Waals surface area (Å²) in [7, 11) is 0. The smallest absolute Gasteiger partial charge is 0.335 e. The van der Waals surface area contributed by atoms with Crippen molar-refractivity contribution in [2.24, 2.45) is 11.8 Å². The van der Waals surface area contributed by atoms with Gasteiger partial charge in [-0.25, -0.2) is 9.59 Å². The third kappa shape index (κ3) is 10.1. The fraction of sp³-hybridized carbons (Fsp3) is 0.526. The minimum atomic E-state index is -1.06. The van der Waals surface area contributed by atoms with Crippen LogP contribution < -0.4 is 0 Å². The van der Waals surface area contributed by atoms with Crippen LogP contribution in [0, 0.1) is 11.8 Å². The lowest BCUT2D eigenvalue weighted by Crippen LogP contribution is -2.34. The summed E-state index contributed by atoms with van der Waals surface area (Å²) >= 11 is 1.41. The number of thioether (sulfide) groups is 1. The van der Waals surface area contributed by atoms with E-state index in [4.69, 9.17) is 10.2 Å². The number of amides is 1. The van der Waals surface area contributed by atoms with Crippen LogP contribution in [-0.2, 0) is 0 Å². The molecule has 0 atom stereocenters. The van der Waals surface area contributed by atoms with E-state index in [1.165, 1.54) is 36.0 Å². The monoisotopic (exact) mass is 383 g/mol. The van der Waals surface area contributed by atoms with Crippen LogP contribution >= 0.6 is 11.8 Å². The minimum Gasteiger partial charge on any atom is -0.478 e. The van der Waals surface area contributed by atoms with E-state index >= 15 is 0 Å². The third-order valence-electron chi connectivity index (χ3n) is 3.08. The highest BCUT2D eigenvalue weighted by Gasteiger charge is 2.15. The summed E-state index contributed by atoms with van der Waals surface area (Å²) < 4.78 is 0. The molecule has 0 aliphatic carbocycles. The molecule has 0 bridgehead atoms. The van der Waals surface area contributed by atoms with Crippen LogP contribution in [0.25, 0.3) is 0 Å². The Morgan fingerprint density at radius 2 is 1.23 bits per heavy atom. The van der Waals surface area contributed by atoms with E-state index in [9.17, 15) is 14.4 Å². The molecule has 1 aromatic rings. The topological polar surface area (TPSA) is 94.9 Å². The number of carbonyl (C=O) groups excluding carboxylic acids is 1. The van der Waals surface area contributed by atoms with Crippen molar-refractivity contribution in [1.82, 2.24) is 4.90 Å². The van der Waals surface area contributed by atoms with Gasteiger partial charge in [0.15, 0.2) is 0 Å². The highest BCUT2D eigenvalue weighted by Crippen LogP contribution is 2.12. The maximum absolute atomic E-state index is 11.7. The molecule has 1 amide bonds. The number of hydrogen-bond donors (Lipinski definition) is 2. The van der Waals surface area contributed by atoms with Gasteiger partial charge in [-0.15, -0.1) is 0 Å². The standard InChI is InChI=1S/C11H23NOS.C8H6O4/c1-6-14-11(13)12(7-9(2)3)8-10(4)5;9-7(10)5-1-2-6(4-3-5)8(11)12/h9-10H,6-8H2,1-5H3;1-4H,(H,9,10)(H,11,12). The molecule has 0 aliphatic rings. The van der Waals surface area contributed by atoms with Crippen LogP contribution in [0.15, 0.2) is 24.3 Å². The van der Waals surface area contributed by atoms with E-state index in [-0.39, 0.29) is 16.4 Å². The number of aromatic carboxylic acids is 2. The predicted octanol–water partition coefficient (Wildman–Crippen LogP) is 4.56. The maximum Gasteiger partial charge on any atom is 0.335 e. The molecular weight excluding hydrogens is 354 g/mol. The average molecular weight is 384 g/mol. The fourth-order valence-corrected chi connectivity index (χ4v) is 2.65. The van der Waals surface area contributed by atoms with Crippen molar-refractivity contribution in [3.05, 3.63) is 35.4 Å². The van der Waals surface area contributed by atoms with E-state index in [2.05, 4.69) is 27.7 Å². The molecule has 146 valence electrons. The second kappa shape index (κ2) is 12.4. The van der Waals surface area contributed by atoms with Crippen LogP contribution in [0.4, 0.5) is 4.79 Å². The van der Waals surface area contributed by atoms with Crippen molar-refractivity contribution >= 4 is 28.9 Å². The summed E-state index contributed by atoms with van der Waals surface area (Å²) in [5.74, 6) is -0.157. The van der Waals surface area contributed by atoms with E-state index in [1.54, 1.807) is 0 Å². The van der Waals surface area contributed by atoms with Crippen LogP contribution in [0.5, 0.6) is 0 Å². The van der Waals surface area contributed by atoms with Gasteiger partial charge in [-0.05, 0) is 41.9 Å². The molecule has 6 nitrogen and oxygen atoms in total. The fourth-order valence-electron chi connectivity index (χ4n) is 2.08. The second-order valence-electron chi connectivity index (χ2n) is 6.58. The molecule has 1 rings (SSSR count). The Kier molecular flexibility index (Phi) is 11.4. The zero-order valence-electron chi connectivity index (χ0n) is 16.1. The molecule has 0 heterocycles. The first-order valence-electron chi connectivity index (χ1n) is 8.56. The summed E-state index contributed by atoms with van der Waals surface area (Å²) in [6, 6.07) is 5.02. The molecule has 0 radical (unpaired) electrons. The van der Waals surface area contributed by atoms with Crippen molar-refractivity contribution in [3.8, 4) is 0 Å².